The van der Waals surface area contributed by atoms with Crippen LogP contribution in [0.25, 0.3) is 0 Å². The standard InChI is InChI=1S/C28H30F4N4O7/c1-11-22(38)16(10-15-18(29)19(30)24(32)36-23(15)31)33-27(41)20(34-26(40)14-8-3-4-9-17(14)37)12(2)43-28(42)21(35-25(11)39)13-6-5-7-13/h3-4,8-9,11-13,16,20-22,37-38H,5-7,10H2,1-2H3,(H,33,41)(H,34,40)(H,35,39). The average Bonchev–Trinajstić information content (AvgIpc) is 2.93. The zero-order valence-electron chi connectivity index (χ0n) is 23.1. The molecule has 0 spiro atoms. The van der Waals surface area contributed by atoms with Crippen molar-refractivity contribution in [1.29, 1.82) is 0 Å². The van der Waals surface area contributed by atoms with Crippen LogP contribution in [0.4, 0.5) is 17.6 Å². The lowest BCUT2D eigenvalue weighted by atomic mass is 9.79. The number of para-hydroxylation sites is 1. The number of esters is 1. The summed E-state index contributed by atoms with van der Waals surface area (Å²) in [5.41, 5.74) is -1.36. The van der Waals surface area contributed by atoms with Crippen molar-refractivity contribution in [2.45, 2.75) is 69.9 Å². The molecule has 3 amide bonds. The van der Waals surface area contributed by atoms with E-state index in [0.29, 0.717) is 12.8 Å². The van der Waals surface area contributed by atoms with E-state index >= 15 is 0 Å². The summed E-state index contributed by atoms with van der Waals surface area (Å²) in [5.74, 6) is -13.8. The average molecular weight is 611 g/mol. The summed E-state index contributed by atoms with van der Waals surface area (Å²) in [4.78, 5) is 55.5. The van der Waals surface area contributed by atoms with Crippen LogP contribution in [0, 0.1) is 35.4 Å². The first kappa shape index (κ1) is 31.7. The summed E-state index contributed by atoms with van der Waals surface area (Å²) >= 11 is 0. The first-order chi connectivity index (χ1) is 20.3. The number of aliphatic hydroxyl groups excluding tert-OH is 1. The van der Waals surface area contributed by atoms with Gasteiger partial charge in [0.2, 0.25) is 23.6 Å². The highest BCUT2D eigenvalue weighted by Crippen LogP contribution is 2.31. The SMILES string of the molecule is CC1OC(=O)C(C2CCC2)NC(=O)C(C)C(O)C(Cc2c(F)nc(F)c(F)c2F)NC(=O)C1NC(=O)c1ccccc1O. The number of aliphatic hydroxyl groups is 1. The number of nitrogens with one attached hydrogen (secondary N) is 3. The second-order valence-corrected chi connectivity index (χ2v) is 10.7. The van der Waals surface area contributed by atoms with Crippen molar-refractivity contribution in [3.8, 4) is 5.75 Å². The van der Waals surface area contributed by atoms with E-state index in [0.717, 1.165) is 6.42 Å². The number of aromatic nitrogens is 1. The predicted octanol–water partition coefficient (Wildman–Crippen LogP) is 1.40. The van der Waals surface area contributed by atoms with Gasteiger partial charge in [0.25, 0.3) is 11.9 Å². The summed E-state index contributed by atoms with van der Waals surface area (Å²) in [6.07, 6.45) is -2.37. The molecule has 43 heavy (non-hydrogen) atoms. The molecule has 1 saturated heterocycles. The molecule has 1 aliphatic carbocycles. The van der Waals surface area contributed by atoms with Crippen LogP contribution in [-0.4, -0.2) is 69.2 Å². The number of cyclic esters (lactones) is 1. The number of carbonyl (C=O) groups excluding carboxylic acids is 4. The van der Waals surface area contributed by atoms with E-state index < -0.39 is 101 Å². The molecule has 0 bridgehead atoms. The Kier molecular flexibility index (Phi) is 9.52. The summed E-state index contributed by atoms with van der Waals surface area (Å²) in [6, 6.07) is 0.780. The molecule has 6 unspecified atom stereocenters. The van der Waals surface area contributed by atoms with Gasteiger partial charge >= 0.3 is 5.97 Å². The fraction of sp³-hybridized carbons (Fsp3) is 0.464. The molecule has 232 valence electrons. The molecule has 6 atom stereocenters. The zero-order chi connectivity index (χ0) is 31.6. The molecule has 1 aliphatic heterocycles. The Morgan fingerprint density at radius 1 is 1.02 bits per heavy atom. The molecule has 2 aliphatic rings. The molecular weight excluding hydrogens is 580 g/mol. The zero-order valence-corrected chi connectivity index (χ0v) is 23.1. The van der Waals surface area contributed by atoms with Crippen LogP contribution in [0.15, 0.2) is 24.3 Å². The summed E-state index contributed by atoms with van der Waals surface area (Å²) in [7, 11) is 0. The smallest absolute Gasteiger partial charge is 0.329 e. The number of amides is 3. The van der Waals surface area contributed by atoms with Gasteiger partial charge in [-0.2, -0.15) is 18.2 Å². The highest BCUT2D eigenvalue weighted by molar-refractivity contribution is 6.00. The molecule has 5 N–H and O–H groups in total. The maximum atomic E-state index is 14.6. The Balaban J connectivity index is 1.73. The van der Waals surface area contributed by atoms with Gasteiger partial charge in [0, 0.05) is 12.0 Å². The minimum absolute atomic E-state index is 0.234. The molecule has 4 rings (SSSR count). The van der Waals surface area contributed by atoms with Crippen molar-refractivity contribution in [2.24, 2.45) is 11.8 Å². The van der Waals surface area contributed by atoms with E-state index in [1.807, 2.05) is 0 Å². The van der Waals surface area contributed by atoms with Crippen LogP contribution in [0.5, 0.6) is 5.75 Å². The highest BCUT2D eigenvalue weighted by atomic mass is 19.2. The molecule has 2 fully saturated rings. The fourth-order valence-corrected chi connectivity index (χ4v) is 4.98. The molecule has 15 heteroatoms. The van der Waals surface area contributed by atoms with Gasteiger partial charge in [-0.1, -0.05) is 25.5 Å². The second kappa shape index (κ2) is 12.9. The maximum Gasteiger partial charge on any atom is 0.329 e. The normalized spacial score (nSPS) is 27.1. The highest BCUT2D eigenvalue weighted by Gasteiger charge is 2.42. The van der Waals surface area contributed by atoms with Gasteiger partial charge in [0.05, 0.1) is 23.6 Å². The van der Waals surface area contributed by atoms with Gasteiger partial charge in [0.15, 0.2) is 5.82 Å². The van der Waals surface area contributed by atoms with Crippen LogP contribution in [0.1, 0.15) is 49.0 Å². The van der Waals surface area contributed by atoms with E-state index in [1.165, 1.54) is 38.1 Å². The molecule has 1 aromatic heterocycles. The van der Waals surface area contributed by atoms with Crippen molar-refractivity contribution in [3.05, 3.63) is 58.9 Å². The van der Waals surface area contributed by atoms with Gasteiger partial charge in [-0.3, -0.25) is 14.4 Å². The maximum absolute atomic E-state index is 14.6. The number of pyridine rings is 1. The molecular formula is C28H30F4N4O7. The Hall–Kier alpha value is -4.27. The van der Waals surface area contributed by atoms with E-state index in [2.05, 4.69) is 20.9 Å². The third-order valence-corrected chi connectivity index (χ3v) is 7.84. The number of phenolic OH excluding ortho intramolecular Hbond substituents is 1. The van der Waals surface area contributed by atoms with Gasteiger partial charge in [-0.15, -0.1) is 0 Å². The number of nitrogens with zero attached hydrogens (tertiary/aromatic N) is 1. The topological polar surface area (TPSA) is 167 Å². The van der Waals surface area contributed by atoms with Gasteiger partial charge in [-0.25, -0.2) is 9.18 Å². The first-order valence-corrected chi connectivity index (χ1v) is 13.6. The third-order valence-electron chi connectivity index (χ3n) is 7.84. The van der Waals surface area contributed by atoms with Crippen molar-refractivity contribution in [2.75, 3.05) is 0 Å². The Labute approximate surface area is 243 Å². The van der Waals surface area contributed by atoms with Crippen molar-refractivity contribution in [3.63, 3.8) is 0 Å². The van der Waals surface area contributed by atoms with Crippen LogP contribution < -0.4 is 16.0 Å². The Morgan fingerprint density at radius 3 is 2.33 bits per heavy atom. The quantitative estimate of drug-likeness (QED) is 0.192. The van der Waals surface area contributed by atoms with Crippen LogP contribution in [0.2, 0.25) is 0 Å². The van der Waals surface area contributed by atoms with Crippen molar-refractivity contribution in [1.82, 2.24) is 20.9 Å². The van der Waals surface area contributed by atoms with Crippen LogP contribution in [-0.2, 0) is 25.5 Å². The molecule has 1 aromatic carbocycles. The number of hydrogen-bond acceptors (Lipinski definition) is 8. The Morgan fingerprint density at radius 2 is 1.70 bits per heavy atom. The summed E-state index contributed by atoms with van der Waals surface area (Å²) < 4.78 is 62.0. The monoisotopic (exact) mass is 610 g/mol. The van der Waals surface area contributed by atoms with Gasteiger partial charge < -0.3 is 30.9 Å². The number of carbonyl (C=O) groups is 4. The first-order valence-electron chi connectivity index (χ1n) is 13.6. The largest absolute Gasteiger partial charge is 0.507 e. The minimum Gasteiger partial charge on any atom is -0.507 e. The molecule has 2 heterocycles. The molecule has 0 radical (unpaired) electrons. The molecule has 11 nitrogen and oxygen atoms in total. The van der Waals surface area contributed by atoms with E-state index in [9.17, 15) is 47.0 Å². The lowest BCUT2D eigenvalue weighted by Gasteiger charge is -2.37. The van der Waals surface area contributed by atoms with Gasteiger partial charge in [0.1, 0.15) is 23.9 Å². The lowest BCUT2D eigenvalue weighted by molar-refractivity contribution is -0.158. The number of halogens is 4. The fourth-order valence-electron chi connectivity index (χ4n) is 4.98. The number of hydrogen-bond donors (Lipinski definition) is 5. The lowest BCUT2D eigenvalue weighted by Crippen LogP contribution is -2.61. The number of rotatable bonds is 5. The second-order valence-electron chi connectivity index (χ2n) is 10.7. The van der Waals surface area contributed by atoms with Crippen LogP contribution in [0.3, 0.4) is 0 Å². The van der Waals surface area contributed by atoms with E-state index in [-0.39, 0.29) is 11.5 Å². The number of benzene rings is 1. The summed E-state index contributed by atoms with van der Waals surface area (Å²) in [5, 5.41) is 28.4. The minimum atomic E-state index is -2.09. The third kappa shape index (κ3) is 6.71. The van der Waals surface area contributed by atoms with Crippen molar-refractivity contribution < 1.29 is 51.7 Å². The van der Waals surface area contributed by atoms with E-state index in [4.69, 9.17) is 4.74 Å². The molecule has 1 saturated carbocycles. The Bertz CT molecular complexity index is 1420. The predicted molar refractivity (Wildman–Crippen MR) is 139 cm³/mol. The molecule has 2 aromatic rings. The number of aromatic hydroxyl groups is 1. The number of ether oxygens (including phenoxy) is 1. The number of phenols is 1. The van der Waals surface area contributed by atoms with Crippen LogP contribution >= 0.6 is 0 Å². The van der Waals surface area contributed by atoms with Gasteiger partial charge in [-0.05, 0) is 37.8 Å². The van der Waals surface area contributed by atoms with E-state index in [1.54, 1.807) is 0 Å². The summed E-state index contributed by atoms with van der Waals surface area (Å²) in [6.45, 7) is 2.50. The van der Waals surface area contributed by atoms with Crippen molar-refractivity contribution >= 4 is 23.7 Å².